The number of hydrogen-bond donors (Lipinski definition) is 1. The van der Waals surface area contributed by atoms with E-state index >= 15 is 0 Å². The fourth-order valence-electron chi connectivity index (χ4n) is 3.08. The van der Waals surface area contributed by atoms with Crippen LogP contribution in [0.15, 0.2) is 0 Å². The zero-order valence-corrected chi connectivity index (χ0v) is 11.7. The van der Waals surface area contributed by atoms with Crippen molar-refractivity contribution in [2.24, 2.45) is 11.3 Å². The molecule has 0 aromatic carbocycles. The average Bonchev–Trinajstić information content (AvgIpc) is 2.30. The van der Waals surface area contributed by atoms with Crippen LogP contribution in [-0.2, 0) is 4.74 Å². The third kappa shape index (κ3) is 3.67. The third-order valence-corrected chi connectivity index (χ3v) is 4.19. The fourth-order valence-corrected chi connectivity index (χ4v) is 3.08. The summed E-state index contributed by atoms with van der Waals surface area (Å²) in [5, 5.41) is 3.54. The first-order chi connectivity index (χ1) is 8.07. The molecule has 3 nitrogen and oxygen atoms in total. The van der Waals surface area contributed by atoms with Gasteiger partial charge in [0.1, 0.15) is 0 Å². The summed E-state index contributed by atoms with van der Waals surface area (Å²) in [4.78, 5) is 2.71. The first-order valence-electron chi connectivity index (χ1n) is 7.10. The molecule has 17 heavy (non-hydrogen) atoms. The summed E-state index contributed by atoms with van der Waals surface area (Å²) in [5.41, 5.74) is 0.374. The third-order valence-electron chi connectivity index (χ3n) is 4.19. The van der Waals surface area contributed by atoms with Crippen LogP contribution in [0.2, 0.25) is 0 Å². The highest BCUT2D eigenvalue weighted by atomic mass is 16.5. The molecule has 2 saturated heterocycles. The standard InChI is InChI=1S/C14H28N2O/c1-14(2,3)13-10-15-6-7-16(13)11-12-4-8-17-9-5-12/h12-13,15H,4-11H2,1-3H3. The maximum atomic E-state index is 5.45. The van der Waals surface area contributed by atoms with Gasteiger partial charge in [0.25, 0.3) is 0 Å². The van der Waals surface area contributed by atoms with Crippen LogP contribution in [0.25, 0.3) is 0 Å². The van der Waals surface area contributed by atoms with Crippen LogP contribution in [0.4, 0.5) is 0 Å². The Morgan fingerprint density at radius 3 is 2.59 bits per heavy atom. The molecule has 1 N–H and O–H groups in total. The molecule has 0 aromatic rings. The topological polar surface area (TPSA) is 24.5 Å². The molecule has 0 spiro atoms. The van der Waals surface area contributed by atoms with E-state index in [-0.39, 0.29) is 0 Å². The number of rotatable bonds is 2. The van der Waals surface area contributed by atoms with Gasteiger partial charge in [-0.15, -0.1) is 0 Å². The Balaban J connectivity index is 1.91. The lowest BCUT2D eigenvalue weighted by molar-refractivity contribution is 0.0200. The number of ether oxygens (including phenoxy) is 1. The highest BCUT2D eigenvalue weighted by Gasteiger charge is 2.33. The summed E-state index contributed by atoms with van der Waals surface area (Å²) in [6, 6.07) is 0.680. The van der Waals surface area contributed by atoms with E-state index in [0.717, 1.165) is 32.2 Å². The van der Waals surface area contributed by atoms with E-state index in [2.05, 4.69) is 31.0 Å². The molecule has 2 rings (SSSR count). The molecule has 0 bridgehead atoms. The Morgan fingerprint density at radius 1 is 1.24 bits per heavy atom. The van der Waals surface area contributed by atoms with Crippen LogP contribution in [0.3, 0.4) is 0 Å². The summed E-state index contributed by atoms with van der Waals surface area (Å²) in [6.45, 7) is 13.8. The summed E-state index contributed by atoms with van der Waals surface area (Å²) in [7, 11) is 0. The predicted molar refractivity (Wildman–Crippen MR) is 71.2 cm³/mol. The normalized spacial score (nSPS) is 29.5. The lowest BCUT2D eigenvalue weighted by Crippen LogP contribution is -2.57. The Morgan fingerprint density at radius 2 is 1.94 bits per heavy atom. The van der Waals surface area contributed by atoms with Crippen molar-refractivity contribution in [3.63, 3.8) is 0 Å². The smallest absolute Gasteiger partial charge is 0.0469 e. The Bertz CT molecular complexity index is 231. The quantitative estimate of drug-likeness (QED) is 0.795. The Hall–Kier alpha value is -0.120. The van der Waals surface area contributed by atoms with Crippen molar-refractivity contribution in [1.82, 2.24) is 10.2 Å². The van der Waals surface area contributed by atoms with E-state index in [1.165, 1.54) is 25.9 Å². The molecule has 2 heterocycles. The lowest BCUT2D eigenvalue weighted by atomic mass is 9.83. The lowest BCUT2D eigenvalue weighted by Gasteiger charge is -2.45. The van der Waals surface area contributed by atoms with Crippen molar-refractivity contribution in [2.75, 3.05) is 39.4 Å². The zero-order chi connectivity index (χ0) is 12.3. The van der Waals surface area contributed by atoms with Gasteiger partial charge < -0.3 is 10.1 Å². The van der Waals surface area contributed by atoms with Gasteiger partial charge in [0.05, 0.1) is 0 Å². The van der Waals surface area contributed by atoms with Gasteiger partial charge in [0.2, 0.25) is 0 Å². The minimum atomic E-state index is 0.374. The fraction of sp³-hybridized carbons (Fsp3) is 1.00. The first-order valence-corrected chi connectivity index (χ1v) is 7.10. The van der Waals surface area contributed by atoms with Gasteiger partial charge in [-0.1, -0.05) is 20.8 Å². The molecule has 3 heteroatoms. The summed E-state index contributed by atoms with van der Waals surface area (Å²) in [6.07, 6.45) is 2.50. The van der Waals surface area contributed by atoms with Crippen molar-refractivity contribution < 1.29 is 4.74 Å². The molecule has 0 aliphatic carbocycles. The van der Waals surface area contributed by atoms with Crippen LogP contribution in [-0.4, -0.2) is 50.3 Å². The highest BCUT2D eigenvalue weighted by molar-refractivity contribution is 4.89. The summed E-state index contributed by atoms with van der Waals surface area (Å²) >= 11 is 0. The van der Waals surface area contributed by atoms with Gasteiger partial charge in [-0.3, -0.25) is 4.90 Å². The largest absolute Gasteiger partial charge is 0.381 e. The monoisotopic (exact) mass is 240 g/mol. The number of piperazine rings is 1. The van der Waals surface area contributed by atoms with Crippen LogP contribution < -0.4 is 5.32 Å². The van der Waals surface area contributed by atoms with Crippen LogP contribution in [0.1, 0.15) is 33.6 Å². The number of nitrogens with zero attached hydrogens (tertiary/aromatic N) is 1. The second-order valence-electron chi connectivity index (χ2n) is 6.64. The maximum Gasteiger partial charge on any atom is 0.0469 e. The predicted octanol–water partition coefficient (Wildman–Crippen LogP) is 1.73. The van der Waals surface area contributed by atoms with E-state index < -0.39 is 0 Å². The van der Waals surface area contributed by atoms with Crippen LogP contribution in [0.5, 0.6) is 0 Å². The molecule has 0 radical (unpaired) electrons. The van der Waals surface area contributed by atoms with Gasteiger partial charge >= 0.3 is 0 Å². The van der Waals surface area contributed by atoms with Gasteiger partial charge in [-0.05, 0) is 24.2 Å². The minimum absolute atomic E-state index is 0.374. The highest BCUT2D eigenvalue weighted by Crippen LogP contribution is 2.27. The van der Waals surface area contributed by atoms with Gasteiger partial charge in [0, 0.05) is 45.4 Å². The number of nitrogens with one attached hydrogen (secondary N) is 1. The number of hydrogen-bond acceptors (Lipinski definition) is 3. The molecule has 2 fully saturated rings. The molecular weight excluding hydrogens is 212 g/mol. The molecule has 0 saturated carbocycles. The van der Waals surface area contributed by atoms with Gasteiger partial charge in [-0.2, -0.15) is 0 Å². The minimum Gasteiger partial charge on any atom is -0.381 e. The van der Waals surface area contributed by atoms with Gasteiger partial charge in [0.15, 0.2) is 0 Å². The molecule has 1 atom stereocenters. The van der Waals surface area contributed by atoms with Gasteiger partial charge in [-0.25, -0.2) is 0 Å². The molecule has 0 aromatic heterocycles. The van der Waals surface area contributed by atoms with Crippen molar-refractivity contribution in [1.29, 1.82) is 0 Å². The molecule has 2 aliphatic heterocycles. The van der Waals surface area contributed by atoms with Crippen LogP contribution in [0, 0.1) is 11.3 Å². The zero-order valence-electron chi connectivity index (χ0n) is 11.7. The van der Waals surface area contributed by atoms with E-state index in [9.17, 15) is 0 Å². The SMILES string of the molecule is CC(C)(C)C1CNCCN1CC1CCOCC1. The molecule has 0 amide bonds. The maximum absolute atomic E-state index is 5.45. The summed E-state index contributed by atoms with van der Waals surface area (Å²) in [5.74, 6) is 0.853. The molecule has 100 valence electrons. The Kier molecular flexibility index (Phi) is 4.45. The van der Waals surface area contributed by atoms with Crippen molar-refractivity contribution in [2.45, 2.75) is 39.7 Å². The van der Waals surface area contributed by atoms with E-state index in [0.29, 0.717) is 11.5 Å². The molecule has 1 unspecified atom stereocenters. The summed E-state index contributed by atoms with van der Waals surface area (Å²) < 4.78 is 5.45. The Labute approximate surface area is 106 Å². The molecule has 2 aliphatic rings. The van der Waals surface area contributed by atoms with E-state index in [1.54, 1.807) is 0 Å². The second kappa shape index (κ2) is 5.68. The van der Waals surface area contributed by atoms with E-state index in [1.807, 2.05) is 0 Å². The van der Waals surface area contributed by atoms with E-state index in [4.69, 9.17) is 4.74 Å². The first kappa shape index (κ1) is 13.3. The van der Waals surface area contributed by atoms with Crippen molar-refractivity contribution in [3.8, 4) is 0 Å². The van der Waals surface area contributed by atoms with Crippen molar-refractivity contribution >= 4 is 0 Å². The average molecular weight is 240 g/mol. The van der Waals surface area contributed by atoms with Crippen molar-refractivity contribution in [3.05, 3.63) is 0 Å². The second-order valence-corrected chi connectivity index (χ2v) is 6.64. The molecular formula is C14H28N2O. The van der Waals surface area contributed by atoms with Crippen LogP contribution >= 0.6 is 0 Å².